The molecule has 0 aliphatic carbocycles. The lowest BCUT2D eigenvalue weighted by atomic mass is 10.0. The van der Waals surface area contributed by atoms with Gasteiger partial charge in [0, 0.05) is 28.4 Å². The van der Waals surface area contributed by atoms with Crippen LogP contribution in [0.25, 0.3) is 10.9 Å². The lowest BCUT2D eigenvalue weighted by Gasteiger charge is -2.12. The molecule has 0 fully saturated rings. The molecule has 21 heavy (non-hydrogen) atoms. The second-order valence-corrected chi connectivity index (χ2v) is 6.30. The van der Waals surface area contributed by atoms with Crippen LogP contribution >= 0.6 is 27.5 Å². The molecular weight excluding hydrogens is 352 g/mol. The Bertz CT molecular complexity index is 800. The quantitative estimate of drug-likeness (QED) is 0.753. The molecule has 0 saturated carbocycles. The maximum Gasteiger partial charge on any atom is 0.0860 e. The van der Waals surface area contributed by atoms with Crippen LogP contribution in [0.2, 0.25) is 5.02 Å². The Hall–Kier alpha value is -1.36. The summed E-state index contributed by atoms with van der Waals surface area (Å²) in [5, 5.41) is 16.6. The Morgan fingerprint density at radius 2 is 2.05 bits per heavy atom. The molecule has 0 aliphatic rings. The van der Waals surface area contributed by atoms with E-state index in [0.717, 1.165) is 26.6 Å². The molecular formula is C16H14BrClN2O. The number of para-hydroxylation sites is 1. The molecule has 0 radical (unpaired) electrons. The molecule has 108 valence electrons. The summed E-state index contributed by atoms with van der Waals surface area (Å²) in [5.74, 6) is 0. The molecule has 0 aliphatic heterocycles. The van der Waals surface area contributed by atoms with E-state index in [1.165, 1.54) is 0 Å². The number of halogens is 2. The minimum Gasteiger partial charge on any atom is -0.388 e. The largest absolute Gasteiger partial charge is 0.388 e. The van der Waals surface area contributed by atoms with Crippen molar-refractivity contribution in [3.8, 4) is 0 Å². The van der Waals surface area contributed by atoms with Gasteiger partial charge in [0.15, 0.2) is 0 Å². The molecule has 2 aromatic carbocycles. The zero-order valence-corrected chi connectivity index (χ0v) is 13.8. The van der Waals surface area contributed by atoms with Crippen molar-refractivity contribution in [3.63, 3.8) is 0 Å². The van der Waals surface area contributed by atoms with Gasteiger partial charge < -0.3 is 5.11 Å². The summed E-state index contributed by atoms with van der Waals surface area (Å²) in [6.45, 7) is 0. The molecule has 1 aromatic heterocycles. The first kappa shape index (κ1) is 14.6. The Balaban J connectivity index is 1.94. The minimum atomic E-state index is -0.677. The van der Waals surface area contributed by atoms with E-state index < -0.39 is 6.10 Å². The molecule has 3 aromatic rings. The molecule has 3 rings (SSSR count). The summed E-state index contributed by atoms with van der Waals surface area (Å²) in [5.41, 5.74) is 2.65. The van der Waals surface area contributed by atoms with Crippen LogP contribution in [-0.2, 0) is 13.5 Å². The third-order valence-corrected chi connectivity index (χ3v) is 4.36. The van der Waals surface area contributed by atoms with Gasteiger partial charge in [-0.2, -0.15) is 5.10 Å². The van der Waals surface area contributed by atoms with Gasteiger partial charge in [-0.1, -0.05) is 51.8 Å². The Morgan fingerprint density at radius 3 is 2.81 bits per heavy atom. The van der Waals surface area contributed by atoms with Crippen LogP contribution in [0.15, 0.2) is 46.9 Å². The maximum absolute atomic E-state index is 10.5. The standard InChI is InChI=1S/C16H14BrClN2O/c1-20-15-5-3-2-4-12(15)14(19-20)9-16(21)11-7-6-10(17)8-13(11)18/h2-8,16,21H,9H2,1H3. The van der Waals surface area contributed by atoms with Crippen LogP contribution in [0.3, 0.4) is 0 Å². The van der Waals surface area contributed by atoms with Crippen molar-refractivity contribution in [3.05, 3.63) is 63.2 Å². The molecule has 1 N–H and O–H groups in total. The van der Waals surface area contributed by atoms with Crippen LogP contribution in [-0.4, -0.2) is 14.9 Å². The normalized spacial score (nSPS) is 12.8. The third-order valence-electron chi connectivity index (χ3n) is 3.54. The highest BCUT2D eigenvalue weighted by molar-refractivity contribution is 9.10. The van der Waals surface area contributed by atoms with E-state index in [-0.39, 0.29) is 0 Å². The Morgan fingerprint density at radius 1 is 1.29 bits per heavy atom. The first-order valence-corrected chi connectivity index (χ1v) is 7.77. The van der Waals surface area contributed by atoms with Crippen LogP contribution in [0, 0.1) is 0 Å². The van der Waals surface area contributed by atoms with E-state index in [4.69, 9.17) is 11.6 Å². The molecule has 1 atom stereocenters. The van der Waals surface area contributed by atoms with Gasteiger partial charge in [0.2, 0.25) is 0 Å². The highest BCUT2D eigenvalue weighted by Gasteiger charge is 2.16. The minimum absolute atomic E-state index is 0.433. The zero-order chi connectivity index (χ0) is 15.0. The predicted octanol–water partition coefficient (Wildman–Crippen LogP) is 4.27. The first-order chi connectivity index (χ1) is 10.1. The van der Waals surface area contributed by atoms with Crippen LogP contribution in [0.5, 0.6) is 0 Å². The fourth-order valence-corrected chi connectivity index (χ4v) is 3.30. The predicted molar refractivity (Wildman–Crippen MR) is 88.5 cm³/mol. The number of fused-ring (bicyclic) bond motifs is 1. The van der Waals surface area contributed by atoms with Crippen molar-refractivity contribution < 1.29 is 5.11 Å². The Kier molecular flexibility index (Phi) is 4.02. The summed E-state index contributed by atoms with van der Waals surface area (Å²) in [6.07, 6.45) is -0.244. The van der Waals surface area contributed by atoms with Gasteiger partial charge in [0.05, 0.1) is 17.3 Å². The number of benzene rings is 2. The summed E-state index contributed by atoms with van der Waals surface area (Å²) in [7, 11) is 1.91. The fraction of sp³-hybridized carbons (Fsp3) is 0.188. The molecule has 1 heterocycles. The SMILES string of the molecule is Cn1nc(CC(O)c2ccc(Br)cc2Cl)c2ccccc21. The van der Waals surface area contributed by atoms with Crippen molar-refractivity contribution in [2.24, 2.45) is 7.05 Å². The van der Waals surface area contributed by atoms with Crippen LogP contribution < -0.4 is 0 Å². The molecule has 3 nitrogen and oxygen atoms in total. The van der Waals surface area contributed by atoms with Gasteiger partial charge in [-0.3, -0.25) is 4.68 Å². The summed E-state index contributed by atoms with van der Waals surface area (Å²) < 4.78 is 2.73. The van der Waals surface area contributed by atoms with Gasteiger partial charge in [-0.15, -0.1) is 0 Å². The molecule has 0 spiro atoms. The lowest BCUT2D eigenvalue weighted by molar-refractivity contribution is 0.177. The number of aliphatic hydroxyl groups is 1. The maximum atomic E-state index is 10.5. The number of hydrogen-bond acceptors (Lipinski definition) is 2. The van der Waals surface area contributed by atoms with E-state index >= 15 is 0 Å². The van der Waals surface area contributed by atoms with Crippen LogP contribution in [0.1, 0.15) is 17.4 Å². The van der Waals surface area contributed by atoms with E-state index in [9.17, 15) is 5.11 Å². The number of aryl methyl sites for hydroxylation is 1. The van der Waals surface area contributed by atoms with Gasteiger partial charge in [0.1, 0.15) is 0 Å². The van der Waals surface area contributed by atoms with Gasteiger partial charge in [-0.25, -0.2) is 0 Å². The van der Waals surface area contributed by atoms with E-state index in [0.29, 0.717) is 11.4 Å². The number of aromatic nitrogens is 2. The topological polar surface area (TPSA) is 38.0 Å². The van der Waals surface area contributed by atoms with Gasteiger partial charge >= 0.3 is 0 Å². The second-order valence-electron chi connectivity index (χ2n) is 4.97. The van der Waals surface area contributed by atoms with Crippen molar-refractivity contribution in [1.29, 1.82) is 0 Å². The van der Waals surface area contributed by atoms with Gasteiger partial charge in [-0.05, 0) is 23.8 Å². The van der Waals surface area contributed by atoms with Gasteiger partial charge in [0.25, 0.3) is 0 Å². The smallest absolute Gasteiger partial charge is 0.0860 e. The van der Waals surface area contributed by atoms with E-state index in [2.05, 4.69) is 21.0 Å². The first-order valence-electron chi connectivity index (χ1n) is 6.60. The van der Waals surface area contributed by atoms with Crippen molar-refractivity contribution in [1.82, 2.24) is 9.78 Å². The highest BCUT2D eigenvalue weighted by atomic mass is 79.9. The summed E-state index contributed by atoms with van der Waals surface area (Å²) >= 11 is 9.56. The fourth-order valence-electron chi connectivity index (χ4n) is 2.50. The van der Waals surface area contributed by atoms with E-state index in [1.54, 1.807) is 6.07 Å². The number of hydrogen-bond donors (Lipinski definition) is 1. The monoisotopic (exact) mass is 364 g/mol. The Labute approximate surface area is 136 Å². The zero-order valence-electron chi connectivity index (χ0n) is 11.4. The number of nitrogens with zero attached hydrogens (tertiary/aromatic N) is 2. The molecule has 5 heteroatoms. The van der Waals surface area contributed by atoms with Crippen molar-refractivity contribution in [2.75, 3.05) is 0 Å². The molecule has 0 amide bonds. The average molecular weight is 366 g/mol. The third kappa shape index (κ3) is 2.84. The average Bonchev–Trinajstić information content (AvgIpc) is 2.76. The number of aliphatic hydroxyl groups excluding tert-OH is 1. The lowest BCUT2D eigenvalue weighted by Crippen LogP contribution is -2.04. The molecule has 0 saturated heterocycles. The summed E-state index contributed by atoms with van der Waals surface area (Å²) in [4.78, 5) is 0. The highest BCUT2D eigenvalue weighted by Crippen LogP contribution is 2.30. The summed E-state index contributed by atoms with van der Waals surface area (Å²) in [6, 6.07) is 13.5. The molecule has 1 unspecified atom stereocenters. The van der Waals surface area contributed by atoms with Crippen molar-refractivity contribution in [2.45, 2.75) is 12.5 Å². The van der Waals surface area contributed by atoms with E-state index in [1.807, 2.05) is 48.1 Å². The van der Waals surface area contributed by atoms with Crippen LogP contribution in [0.4, 0.5) is 0 Å². The molecule has 0 bridgehead atoms. The van der Waals surface area contributed by atoms with Crippen molar-refractivity contribution >= 4 is 38.4 Å². The number of rotatable bonds is 3. The second kappa shape index (κ2) is 5.79.